The molecule has 0 unspecified atom stereocenters. The monoisotopic (exact) mass is 350 g/mol. The number of benzene rings is 1. The Morgan fingerprint density at radius 1 is 1.42 bits per heavy atom. The van der Waals surface area contributed by atoms with Crippen molar-refractivity contribution in [2.75, 3.05) is 7.11 Å². The van der Waals surface area contributed by atoms with Gasteiger partial charge in [0, 0.05) is 11.6 Å². The van der Waals surface area contributed by atoms with Crippen LogP contribution in [-0.2, 0) is 14.3 Å². The smallest absolute Gasteiger partial charge is 0.328 e. The fourth-order valence-electron chi connectivity index (χ4n) is 2.15. The van der Waals surface area contributed by atoms with Crippen LogP contribution in [0, 0.1) is 17.0 Å². The number of methoxy groups -OCH3 is 1. The average Bonchev–Trinajstić information content (AvgIpc) is 2.81. The second kappa shape index (κ2) is 6.83. The summed E-state index contributed by atoms with van der Waals surface area (Å²) in [6, 6.07) is 3.46. The summed E-state index contributed by atoms with van der Waals surface area (Å²) in [6.45, 7) is 3.00. The van der Waals surface area contributed by atoms with Gasteiger partial charge in [-0.05, 0) is 37.2 Å². The van der Waals surface area contributed by atoms with E-state index in [1.54, 1.807) is 19.1 Å². The quantitative estimate of drug-likeness (QED) is 0.355. The molecule has 1 aromatic rings. The van der Waals surface area contributed by atoms with Gasteiger partial charge in [-0.1, -0.05) is 12.1 Å². The number of nitro groups is 1. The van der Waals surface area contributed by atoms with Crippen LogP contribution in [0.15, 0.2) is 23.1 Å². The number of ether oxygens (including phenoxy) is 1. The molecule has 24 heavy (non-hydrogen) atoms. The number of nitro benzene ring substituents is 1. The van der Waals surface area contributed by atoms with Crippen LogP contribution >= 0.6 is 11.8 Å². The van der Waals surface area contributed by atoms with Crippen LogP contribution < -0.4 is 0 Å². The third-order valence-electron chi connectivity index (χ3n) is 3.48. The molecule has 1 aliphatic rings. The van der Waals surface area contributed by atoms with Gasteiger partial charge in [0.25, 0.3) is 16.8 Å². The maximum atomic E-state index is 12.3. The molecule has 126 valence electrons. The maximum Gasteiger partial charge on any atom is 0.328 e. The van der Waals surface area contributed by atoms with Crippen molar-refractivity contribution in [3.8, 4) is 0 Å². The number of esters is 1. The van der Waals surface area contributed by atoms with Crippen molar-refractivity contribution < 1.29 is 24.0 Å². The Bertz CT molecular complexity index is 773. The normalized spacial score (nSPS) is 17.3. The number of hydrogen-bond acceptors (Lipinski definition) is 7. The van der Waals surface area contributed by atoms with E-state index in [4.69, 9.17) is 0 Å². The summed E-state index contributed by atoms with van der Waals surface area (Å²) in [5, 5.41) is 10.4. The minimum atomic E-state index is -1.04. The molecule has 0 spiro atoms. The van der Waals surface area contributed by atoms with Gasteiger partial charge in [0.1, 0.15) is 6.04 Å². The molecule has 0 saturated carbocycles. The van der Waals surface area contributed by atoms with E-state index in [2.05, 4.69) is 4.74 Å². The van der Waals surface area contributed by atoms with Crippen molar-refractivity contribution in [2.24, 2.45) is 0 Å². The van der Waals surface area contributed by atoms with Gasteiger partial charge in [-0.3, -0.25) is 24.6 Å². The van der Waals surface area contributed by atoms with Crippen molar-refractivity contribution in [3.05, 3.63) is 44.3 Å². The number of aryl methyl sites for hydroxylation is 1. The van der Waals surface area contributed by atoms with Crippen LogP contribution in [-0.4, -0.2) is 40.1 Å². The highest BCUT2D eigenvalue weighted by atomic mass is 32.2. The molecule has 2 amide bonds. The molecular formula is C15H14N2O6S. The zero-order chi connectivity index (χ0) is 18.0. The molecular weight excluding hydrogens is 336 g/mol. The van der Waals surface area contributed by atoms with E-state index in [-0.39, 0.29) is 10.6 Å². The number of rotatable bonds is 4. The Morgan fingerprint density at radius 3 is 2.67 bits per heavy atom. The van der Waals surface area contributed by atoms with Crippen molar-refractivity contribution in [1.29, 1.82) is 0 Å². The molecule has 0 aliphatic carbocycles. The highest BCUT2D eigenvalue weighted by Gasteiger charge is 2.41. The third-order valence-corrected chi connectivity index (χ3v) is 4.36. The maximum absolute atomic E-state index is 12.3. The minimum Gasteiger partial charge on any atom is -0.467 e. The Morgan fingerprint density at radius 2 is 2.08 bits per heavy atom. The van der Waals surface area contributed by atoms with E-state index in [0.717, 1.165) is 4.90 Å². The molecule has 1 atom stereocenters. The number of nitrogens with zero attached hydrogens (tertiary/aromatic N) is 2. The summed E-state index contributed by atoms with van der Waals surface area (Å²) in [5.41, 5.74) is 0.832. The van der Waals surface area contributed by atoms with Gasteiger partial charge in [0.15, 0.2) is 0 Å². The zero-order valence-corrected chi connectivity index (χ0v) is 14.0. The summed E-state index contributed by atoms with van der Waals surface area (Å²) < 4.78 is 4.54. The predicted molar refractivity (Wildman–Crippen MR) is 87.1 cm³/mol. The average molecular weight is 350 g/mol. The molecule has 1 aromatic carbocycles. The Kier molecular flexibility index (Phi) is 5.03. The molecule has 9 heteroatoms. The lowest BCUT2D eigenvalue weighted by Gasteiger charge is -2.18. The first-order valence-electron chi connectivity index (χ1n) is 6.86. The van der Waals surface area contributed by atoms with E-state index in [1.165, 1.54) is 26.2 Å². The van der Waals surface area contributed by atoms with Crippen LogP contribution in [0.25, 0.3) is 6.08 Å². The van der Waals surface area contributed by atoms with Crippen molar-refractivity contribution in [3.63, 3.8) is 0 Å². The summed E-state index contributed by atoms with van der Waals surface area (Å²) in [7, 11) is 1.17. The lowest BCUT2D eigenvalue weighted by molar-refractivity contribution is -0.385. The van der Waals surface area contributed by atoms with E-state index in [0.29, 0.717) is 22.9 Å². The van der Waals surface area contributed by atoms with E-state index in [1.807, 2.05) is 0 Å². The molecule has 0 aromatic heterocycles. The topological polar surface area (TPSA) is 107 Å². The number of imide groups is 1. The predicted octanol–water partition coefficient (Wildman–Crippen LogP) is 2.50. The Labute approximate surface area is 141 Å². The summed E-state index contributed by atoms with van der Waals surface area (Å²) in [4.78, 5) is 47.2. The molecule has 1 saturated heterocycles. The number of carbonyl (C=O) groups excluding carboxylic acids is 3. The molecule has 8 nitrogen and oxygen atoms in total. The van der Waals surface area contributed by atoms with Crippen molar-refractivity contribution in [1.82, 2.24) is 4.90 Å². The SMILES string of the molecule is COC(=O)[C@@H](C)N1C(=O)S/C(=C/c2ccc(C)c([N+](=O)[O-])c2)C1=O. The summed E-state index contributed by atoms with van der Waals surface area (Å²) in [6.07, 6.45) is 1.39. The molecule has 1 aliphatic heterocycles. The summed E-state index contributed by atoms with van der Waals surface area (Å²) >= 11 is 0.672. The van der Waals surface area contributed by atoms with Crippen LogP contribution in [0.3, 0.4) is 0 Å². The number of thioether (sulfide) groups is 1. The lowest BCUT2D eigenvalue weighted by atomic mass is 10.1. The van der Waals surface area contributed by atoms with Gasteiger partial charge in [0.2, 0.25) is 0 Å². The largest absolute Gasteiger partial charge is 0.467 e. The van der Waals surface area contributed by atoms with Crippen LogP contribution in [0.2, 0.25) is 0 Å². The highest BCUT2D eigenvalue weighted by molar-refractivity contribution is 8.18. The van der Waals surface area contributed by atoms with Gasteiger partial charge < -0.3 is 4.74 Å². The molecule has 2 rings (SSSR count). The summed E-state index contributed by atoms with van der Waals surface area (Å²) in [5.74, 6) is -1.34. The number of carbonyl (C=O) groups is 3. The first-order chi connectivity index (χ1) is 11.3. The molecule has 0 N–H and O–H groups in total. The number of hydrogen-bond donors (Lipinski definition) is 0. The van der Waals surface area contributed by atoms with Crippen molar-refractivity contribution >= 4 is 40.6 Å². The Hall–Kier alpha value is -2.68. The van der Waals surface area contributed by atoms with Crippen molar-refractivity contribution in [2.45, 2.75) is 19.9 Å². The first kappa shape index (κ1) is 17.7. The van der Waals surface area contributed by atoms with E-state index >= 15 is 0 Å². The molecule has 1 fully saturated rings. The first-order valence-corrected chi connectivity index (χ1v) is 7.68. The highest BCUT2D eigenvalue weighted by Crippen LogP contribution is 2.34. The van der Waals surface area contributed by atoms with E-state index < -0.39 is 28.1 Å². The molecule has 0 radical (unpaired) electrons. The second-order valence-electron chi connectivity index (χ2n) is 5.05. The van der Waals surface area contributed by atoms with Crippen LogP contribution in [0.5, 0.6) is 0 Å². The van der Waals surface area contributed by atoms with Gasteiger partial charge in [-0.15, -0.1) is 0 Å². The molecule has 0 bridgehead atoms. The fraction of sp³-hybridized carbons (Fsp3) is 0.267. The molecule has 1 heterocycles. The van der Waals surface area contributed by atoms with Crippen LogP contribution in [0.4, 0.5) is 10.5 Å². The second-order valence-corrected chi connectivity index (χ2v) is 6.05. The Balaban J connectivity index is 2.34. The number of amides is 2. The lowest BCUT2D eigenvalue weighted by Crippen LogP contribution is -2.42. The van der Waals surface area contributed by atoms with Gasteiger partial charge in [-0.2, -0.15) is 0 Å². The van der Waals surface area contributed by atoms with E-state index in [9.17, 15) is 24.5 Å². The standard InChI is InChI=1S/C15H14N2O6S/c1-8-4-5-10(6-11(8)17(21)22)7-12-13(18)16(15(20)24-12)9(2)14(19)23-3/h4-7,9H,1-3H3/b12-7+/t9-/m1/s1. The van der Waals surface area contributed by atoms with Crippen LogP contribution in [0.1, 0.15) is 18.1 Å². The van der Waals surface area contributed by atoms with Gasteiger partial charge in [-0.25, -0.2) is 4.79 Å². The fourth-order valence-corrected chi connectivity index (χ4v) is 3.06. The van der Waals surface area contributed by atoms with Gasteiger partial charge in [0.05, 0.1) is 16.9 Å². The zero-order valence-electron chi connectivity index (χ0n) is 13.1. The third kappa shape index (κ3) is 3.30. The minimum absolute atomic E-state index is 0.0779. The van der Waals surface area contributed by atoms with Gasteiger partial charge >= 0.3 is 5.97 Å².